The molecule has 0 radical (unpaired) electrons. The van der Waals surface area contributed by atoms with Crippen molar-refractivity contribution in [2.24, 2.45) is 35.5 Å². The zero-order chi connectivity index (χ0) is 15.1. The summed E-state index contributed by atoms with van der Waals surface area (Å²) in [6, 6.07) is 0. The summed E-state index contributed by atoms with van der Waals surface area (Å²) in [4.78, 5) is 0. The Labute approximate surface area is 129 Å². The molecule has 1 aliphatic carbocycles. The maximum atomic E-state index is 2.51. The highest BCUT2D eigenvalue weighted by atomic mass is 14.4. The second-order valence-corrected chi connectivity index (χ2v) is 7.95. The summed E-state index contributed by atoms with van der Waals surface area (Å²) >= 11 is 0. The molecule has 0 heteroatoms. The van der Waals surface area contributed by atoms with Gasteiger partial charge in [0.25, 0.3) is 0 Å². The fourth-order valence-electron chi connectivity index (χ4n) is 4.27. The van der Waals surface area contributed by atoms with Crippen LogP contribution in [0.5, 0.6) is 0 Å². The fraction of sp³-hybridized carbons (Fsp3) is 1.00. The van der Waals surface area contributed by atoms with Crippen LogP contribution in [0.4, 0.5) is 0 Å². The SMILES string of the molecule is CCCC(C(C)CC)C(C)CCCCC(C)C1CC1C. The lowest BCUT2D eigenvalue weighted by molar-refractivity contribution is 0.216. The molecule has 0 aromatic rings. The summed E-state index contributed by atoms with van der Waals surface area (Å²) in [5.74, 6) is 5.90. The average Bonchev–Trinajstić information content (AvgIpc) is 3.16. The molecule has 0 bridgehead atoms. The van der Waals surface area contributed by atoms with E-state index in [4.69, 9.17) is 0 Å². The van der Waals surface area contributed by atoms with Gasteiger partial charge in [-0.2, -0.15) is 0 Å². The van der Waals surface area contributed by atoms with E-state index in [1.165, 1.54) is 51.4 Å². The minimum atomic E-state index is 0.913. The molecular weight excluding hydrogens is 240 g/mol. The van der Waals surface area contributed by atoms with Gasteiger partial charge in [0.05, 0.1) is 0 Å². The Morgan fingerprint density at radius 1 is 0.900 bits per heavy atom. The highest BCUT2D eigenvalue weighted by molar-refractivity contribution is 4.86. The predicted octanol–water partition coefficient (Wildman–Crippen LogP) is 6.94. The molecule has 1 rings (SSSR count). The number of unbranched alkanes of at least 4 members (excludes halogenated alkanes) is 1. The van der Waals surface area contributed by atoms with Crippen LogP contribution in [0.15, 0.2) is 0 Å². The van der Waals surface area contributed by atoms with E-state index < -0.39 is 0 Å². The lowest BCUT2D eigenvalue weighted by Gasteiger charge is -2.29. The lowest BCUT2D eigenvalue weighted by atomic mass is 9.77. The zero-order valence-corrected chi connectivity index (χ0v) is 15.1. The molecule has 6 atom stereocenters. The molecule has 0 aromatic heterocycles. The summed E-state index contributed by atoms with van der Waals surface area (Å²) in [6.45, 7) is 14.6. The van der Waals surface area contributed by atoms with E-state index in [1.54, 1.807) is 0 Å². The first-order valence-corrected chi connectivity index (χ1v) is 9.51. The Morgan fingerprint density at radius 2 is 1.50 bits per heavy atom. The second-order valence-electron chi connectivity index (χ2n) is 7.95. The molecule has 0 spiro atoms. The molecule has 6 unspecified atom stereocenters. The van der Waals surface area contributed by atoms with Gasteiger partial charge in [0.2, 0.25) is 0 Å². The van der Waals surface area contributed by atoms with Crippen LogP contribution < -0.4 is 0 Å². The van der Waals surface area contributed by atoms with Crippen molar-refractivity contribution in [1.82, 2.24) is 0 Å². The van der Waals surface area contributed by atoms with Gasteiger partial charge in [0.1, 0.15) is 0 Å². The van der Waals surface area contributed by atoms with Gasteiger partial charge in [-0.05, 0) is 41.9 Å². The van der Waals surface area contributed by atoms with Crippen molar-refractivity contribution in [1.29, 1.82) is 0 Å². The molecule has 0 N–H and O–H groups in total. The molecule has 120 valence electrons. The Balaban J connectivity index is 2.18. The molecule has 20 heavy (non-hydrogen) atoms. The Hall–Kier alpha value is 0. The average molecular weight is 281 g/mol. The van der Waals surface area contributed by atoms with Gasteiger partial charge < -0.3 is 0 Å². The minimum Gasteiger partial charge on any atom is -0.0654 e. The Kier molecular flexibility index (Phi) is 8.22. The summed E-state index contributed by atoms with van der Waals surface area (Å²) < 4.78 is 0. The summed E-state index contributed by atoms with van der Waals surface area (Å²) in [6.07, 6.45) is 11.5. The van der Waals surface area contributed by atoms with Crippen molar-refractivity contribution in [3.8, 4) is 0 Å². The van der Waals surface area contributed by atoms with Crippen molar-refractivity contribution in [2.45, 2.75) is 92.9 Å². The second kappa shape index (κ2) is 9.11. The van der Waals surface area contributed by atoms with Crippen LogP contribution in [0.2, 0.25) is 0 Å². The van der Waals surface area contributed by atoms with Gasteiger partial charge in [0, 0.05) is 0 Å². The van der Waals surface area contributed by atoms with E-state index in [1.807, 2.05) is 0 Å². The number of hydrogen-bond donors (Lipinski definition) is 0. The zero-order valence-electron chi connectivity index (χ0n) is 15.1. The molecule has 0 aliphatic heterocycles. The van der Waals surface area contributed by atoms with Crippen molar-refractivity contribution in [3.05, 3.63) is 0 Å². The highest BCUT2D eigenvalue weighted by Crippen LogP contribution is 2.45. The summed E-state index contributed by atoms with van der Waals surface area (Å²) in [5, 5.41) is 0. The maximum Gasteiger partial charge on any atom is -0.0360 e. The van der Waals surface area contributed by atoms with E-state index in [-0.39, 0.29) is 0 Å². The first-order chi connectivity index (χ1) is 9.51. The maximum absolute atomic E-state index is 2.51. The van der Waals surface area contributed by atoms with Crippen molar-refractivity contribution < 1.29 is 0 Å². The van der Waals surface area contributed by atoms with Gasteiger partial charge in [0.15, 0.2) is 0 Å². The van der Waals surface area contributed by atoms with Gasteiger partial charge in [-0.25, -0.2) is 0 Å². The normalized spacial score (nSPS) is 27.9. The van der Waals surface area contributed by atoms with Gasteiger partial charge in [-0.1, -0.05) is 86.5 Å². The monoisotopic (exact) mass is 280 g/mol. The molecule has 0 aromatic carbocycles. The van der Waals surface area contributed by atoms with E-state index in [9.17, 15) is 0 Å². The van der Waals surface area contributed by atoms with Gasteiger partial charge in [-0.15, -0.1) is 0 Å². The fourth-order valence-corrected chi connectivity index (χ4v) is 4.27. The molecule has 1 aliphatic rings. The number of hydrogen-bond acceptors (Lipinski definition) is 0. The molecule has 0 nitrogen and oxygen atoms in total. The molecule has 1 fully saturated rings. The minimum absolute atomic E-state index is 0.913. The standard InChI is InChI=1S/C20H40/c1-7-11-19(15(3)8-2)16(4)12-9-10-13-17(5)20-14-18(20)6/h15-20H,7-14H2,1-6H3. The smallest absolute Gasteiger partial charge is 0.0360 e. The summed E-state index contributed by atoms with van der Waals surface area (Å²) in [5.41, 5.74) is 0. The van der Waals surface area contributed by atoms with Crippen LogP contribution >= 0.6 is 0 Å². The number of rotatable bonds is 11. The predicted molar refractivity (Wildman–Crippen MR) is 91.9 cm³/mol. The lowest BCUT2D eigenvalue weighted by Crippen LogP contribution is -2.19. The van der Waals surface area contributed by atoms with Crippen LogP contribution in [0.3, 0.4) is 0 Å². The van der Waals surface area contributed by atoms with Crippen molar-refractivity contribution in [3.63, 3.8) is 0 Å². The van der Waals surface area contributed by atoms with Crippen LogP contribution in [0.25, 0.3) is 0 Å². The quantitative estimate of drug-likeness (QED) is 0.360. The third kappa shape index (κ3) is 5.78. The topological polar surface area (TPSA) is 0 Å². The van der Waals surface area contributed by atoms with Crippen LogP contribution in [-0.4, -0.2) is 0 Å². The third-order valence-electron chi connectivity index (χ3n) is 6.20. The first-order valence-electron chi connectivity index (χ1n) is 9.51. The van der Waals surface area contributed by atoms with Crippen molar-refractivity contribution >= 4 is 0 Å². The van der Waals surface area contributed by atoms with Crippen LogP contribution in [0, 0.1) is 35.5 Å². The molecule has 0 heterocycles. The largest absolute Gasteiger partial charge is 0.0654 e. The van der Waals surface area contributed by atoms with E-state index >= 15 is 0 Å². The van der Waals surface area contributed by atoms with Crippen molar-refractivity contribution in [2.75, 3.05) is 0 Å². The molecule has 0 saturated heterocycles. The van der Waals surface area contributed by atoms with Crippen LogP contribution in [-0.2, 0) is 0 Å². The third-order valence-corrected chi connectivity index (χ3v) is 6.20. The van der Waals surface area contributed by atoms with E-state index in [0.717, 1.165) is 35.5 Å². The van der Waals surface area contributed by atoms with Crippen LogP contribution in [0.1, 0.15) is 92.9 Å². The Bertz CT molecular complexity index is 244. The highest BCUT2D eigenvalue weighted by Gasteiger charge is 2.36. The summed E-state index contributed by atoms with van der Waals surface area (Å²) in [7, 11) is 0. The first kappa shape index (κ1) is 18.1. The molecule has 1 saturated carbocycles. The van der Waals surface area contributed by atoms with Gasteiger partial charge >= 0.3 is 0 Å². The van der Waals surface area contributed by atoms with E-state index in [2.05, 4.69) is 41.5 Å². The van der Waals surface area contributed by atoms with Gasteiger partial charge in [-0.3, -0.25) is 0 Å². The van der Waals surface area contributed by atoms with E-state index in [0.29, 0.717) is 0 Å². The molecular formula is C20H40. The Morgan fingerprint density at radius 3 is 2.00 bits per heavy atom. The molecule has 0 amide bonds.